The smallest absolute Gasteiger partial charge is 0.0947 e. The molecule has 74 valence electrons. The monoisotopic (exact) mass is 249 g/mol. The van der Waals surface area contributed by atoms with Crippen molar-refractivity contribution < 1.29 is 0 Å². The molecule has 0 radical (unpaired) electrons. The molecule has 0 saturated heterocycles. The van der Waals surface area contributed by atoms with E-state index >= 15 is 0 Å². The second kappa shape index (κ2) is 3.89. The van der Waals surface area contributed by atoms with Gasteiger partial charge in [-0.25, -0.2) is 0 Å². The Kier molecular flexibility index (Phi) is 2.40. The van der Waals surface area contributed by atoms with E-state index < -0.39 is 0 Å². The molecule has 3 heterocycles. The van der Waals surface area contributed by atoms with Crippen LogP contribution in [0, 0.1) is 0 Å². The van der Waals surface area contributed by atoms with Gasteiger partial charge in [-0.1, -0.05) is 12.1 Å². The fraction of sp³-hybridized carbons (Fsp3) is 0. The molecule has 1 nitrogen and oxygen atoms in total. The summed E-state index contributed by atoms with van der Waals surface area (Å²) in [6.45, 7) is 0. The minimum atomic E-state index is 1.10. The summed E-state index contributed by atoms with van der Waals surface area (Å²) in [5.74, 6) is 0. The Labute approximate surface area is 99.8 Å². The molecule has 0 aliphatic heterocycles. The highest BCUT2D eigenvalue weighted by atomic mass is 32.1. The lowest BCUT2D eigenvalue weighted by Gasteiger charge is -1.86. The van der Waals surface area contributed by atoms with E-state index in [9.17, 15) is 0 Å². The highest BCUT2D eigenvalue weighted by Gasteiger charge is 2.07. The van der Waals surface area contributed by atoms with Crippen LogP contribution in [0.25, 0.3) is 20.3 Å². The van der Waals surface area contributed by atoms with Crippen LogP contribution in [0.1, 0.15) is 0 Å². The second-order valence-electron chi connectivity index (χ2n) is 3.03. The van der Waals surface area contributed by atoms with E-state index in [0.717, 1.165) is 5.69 Å². The standard InChI is InChI=1S/C11H7NS3/c1-3-9(13-5-1)8-7-11(15-12-8)10-4-2-6-14-10/h1-7H. The van der Waals surface area contributed by atoms with E-state index in [4.69, 9.17) is 0 Å². The first-order valence-electron chi connectivity index (χ1n) is 4.48. The zero-order valence-electron chi connectivity index (χ0n) is 7.71. The van der Waals surface area contributed by atoms with Crippen LogP contribution in [0.5, 0.6) is 0 Å². The summed E-state index contributed by atoms with van der Waals surface area (Å²) in [7, 11) is 0. The van der Waals surface area contributed by atoms with E-state index in [-0.39, 0.29) is 0 Å². The molecule has 15 heavy (non-hydrogen) atoms. The van der Waals surface area contributed by atoms with Gasteiger partial charge in [0.05, 0.1) is 15.4 Å². The lowest BCUT2D eigenvalue weighted by Crippen LogP contribution is -1.65. The number of thiophene rings is 2. The minimum absolute atomic E-state index is 1.10. The molecule has 0 fully saturated rings. The first kappa shape index (κ1) is 9.27. The molecule has 4 heteroatoms. The normalized spacial score (nSPS) is 10.7. The number of hydrogen-bond acceptors (Lipinski definition) is 4. The maximum atomic E-state index is 4.47. The van der Waals surface area contributed by atoms with Gasteiger partial charge in [-0.2, -0.15) is 4.37 Å². The average molecular weight is 249 g/mol. The van der Waals surface area contributed by atoms with Crippen LogP contribution < -0.4 is 0 Å². The predicted octanol–water partition coefficient (Wildman–Crippen LogP) is 4.60. The van der Waals surface area contributed by atoms with Crippen molar-refractivity contribution in [2.75, 3.05) is 0 Å². The highest BCUT2D eigenvalue weighted by molar-refractivity contribution is 7.19. The zero-order valence-corrected chi connectivity index (χ0v) is 10.2. The largest absolute Gasteiger partial charge is 0.191 e. The molecule has 0 unspecified atom stereocenters. The van der Waals surface area contributed by atoms with Crippen molar-refractivity contribution in [3.63, 3.8) is 0 Å². The third kappa shape index (κ3) is 1.76. The molecule has 3 aromatic rings. The van der Waals surface area contributed by atoms with Gasteiger partial charge in [-0.05, 0) is 40.5 Å². The topological polar surface area (TPSA) is 12.9 Å². The fourth-order valence-corrected chi connectivity index (χ4v) is 3.66. The van der Waals surface area contributed by atoms with Gasteiger partial charge >= 0.3 is 0 Å². The van der Waals surface area contributed by atoms with Gasteiger partial charge in [0.2, 0.25) is 0 Å². The lowest BCUT2D eigenvalue weighted by atomic mass is 10.3. The molecule has 0 bridgehead atoms. The molecule has 0 N–H and O–H groups in total. The van der Waals surface area contributed by atoms with Gasteiger partial charge in [-0.15, -0.1) is 22.7 Å². The lowest BCUT2D eigenvalue weighted by molar-refractivity contribution is 1.58. The third-order valence-corrected chi connectivity index (χ3v) is 4.79. The van der Waals surface area contributed by atoms with Crippen LogP contribution in [0.15, 0.2) is 41.1 Å². The van der Waals surface area contributed by atoms with Crippen LogP contribution in [0.3, 0.4) is 0 Å². The van der Waals surface area contributed by atoms with E-state index in [1.165, 1.54) is 14.6 Å². The third-order valence-electron chi connectivity index (χ3n) is 2.05. The summed E-state index contributed by atoms with van der Waals surface area (Å²) in [4.78, 5) is 3.80. The van der Waals surface area contributed by atoms with Crippen molar-refractivity contribution in [2.45, 2.75) is 0 Å². The zero-order chi connectivity index (χ0) is 10.1. The summed E-state index contributed by atoms with van der Waals surface area (Å²) in [6.07, 6.45) is 0. The molecular weight excluding hydrogens is 242 g/mol. The number of nitrogens with zero attached hydrogens (tertiary/aromatic N) is 1. The van der Waals surface area contributed by atoms with Crippen LogP contribution in [-0.4, -0.2) is 4.37 Å². The molecule has 0 saturated carbocycles. The number of hydrogen-bond donors (Lipinski definition) is 0. The van der Waals surface area contributed by atoms with Crippen LogP contribution in [0.2, 0.25) is 0 Å². The molecule has 3 rings (SSSR count). The average Bonchev–Trinajstić information content (AvgIpc) is 3.02. The van der Waals surface area contributed by atoms with E-state index in [1.807, 2.05) is 0 Å². The van der Waals surface area contributed by atoms with E-state index in [0.29, 0.717) is 0 Å². The van der Waals surface area contributed by atoms with Gasteiger partial charge in [-0.3, -0.25) is 0 Å². The second-order valence-corrected chi connectivity index (χ2v) is 5.73. The van der Waals surface area contributed by atoms with Crippen molar-refractivity contribution in [3.8, 4) is 20.3 Å². The van der Waals surface area contributed by atoms with Crippen LogP contribution in [0.4, 0.5) is 0 Å². The maximum absolute atomic E-state index is 4.47. The van der Waals surface area contributed by atoms with Crippen molar-refractivity contribution in [2.24, 2.45) is 0 Å². The Morgan fingerprint density at radius 3 is 2.27 bits per heavy atom. The van der Waals surface area contributed by atoms with Crippen LogP contribution in [-0.2, 0) is 0 Å². The fourth-order valence-electron chi connectivity index (χ4n) is 1.35. The first-order valence-corrected chi connectivity index (χ1v) is 7.01. The highest BCUT2D eigenvalue weighted by Crippen LogP contribution is 2.33. The Bertz CT molecular complexity index is 485. The molecule has 0 amide bonds. The molecule has 0 atom stereocenters. The molecule has 0 aliphatic rings. The summed E-state index contributed by atoms with van der Waals surface area (Å²) >= 11 is 5.07. The van der Waals surface area contributed by atoms with Crippen molar-refractivity contribution in [1.29, 1.82) is 0 Å². The molecular formula is C11H7NS3. The first-order chi connectivity index (χ1) is 7.43. The van der Waals surface area contributed by atoms with Gasteiger partial charge < -0.3 is 0 Å². The number of rotatable bonds is 2. The van der Waals surface area contributed by atoms with Crippen molar-refractivity contribution in [1.82, 2.24) is 4.37 Å². The summed E-state index contributed by atoms with van der Waals surface area (Å²) in [5.41, 5.74) is 1.10. The Hall–Kier alpha value is -0.970. The van der Waals surface area contributed by atoms with E-state index in [2.05, 4.69) is 45.5 Å². The minimum Gasteiger partial charge on any atom is -0.191 e. The Morgan fingerprint density at radius 1 is 0.867 bits per heavy atom. The quantitative estimate of drug-likeness (QED) is 0.647. The van der Waals surface area contributed by atoms with Gasteiger partial charge in [0.15, 0.2) is 0 Å². The summed E-state index contributed by atoms with van der Waals surface area (Å²) < 4.78 is 4.47. The summed E-state index contributed by atoms with van der Waals surface area (Å²) in [6, 6.07) is 10.5. The predicted molar refractivity (Wildman–Crippen MR) is 68.7 cm³/mol. The maximum Gasteiger partial charge on any atom is 0.0947 e. The van der Waals surface area contributed by atoms with Gasteiger partial charge in [0.1, 0.15) is 0 Å². The van der Waals surface area contributed by atoms with Crippen LogP contribution >= 0.6 is 34.2 Å². The summed E-state index contributed by atoms with van der Waals surface area (Å²) in [5, 5.41) is 4.18. The number of aromatic nitrogens is 1. The molecule has 0 aliphatic carbocycles. The molecule has 0 aromatic carbocycles. The SMILES string of the molecule is c1csc(-c2cc(-c3cccs3)sn2)c1. The van der Waals surface area contributed by atoms with E-state index in [1.54, 1.807) is 34.2 Å². The van der Waals surface area contributed by atoms with Crippen molar-refractivity contribution in [3.05, 3.63) is 41.1 Å². The Morgan fingerprint density at radius 2 is 1.60 bits per heavy atom. The van der Waals surface area contributed by atoms with Crippen molar-refractivity contribution >= 4 is 34.2 Å². The van der Waals surface area contributed by atoms with Gasteiger partial charge in [0, 0.05) is 4.88 Å². The van der Waals surface area contributed by atoms with Gasteiger partial charge in [0.25, 0.3) is 0 Å². The molecule has 0 spiro atoms. The Balaban J connectivity index is 2.02. The molecule has 3 aromatic heterocycles.